The van der Waals surface area contributed by atoms with Crippen LogP contribution in [0.4, 0.5) is 0 Å². The third kappa shape index (κ3) is 2.91. The van der Waals surface area contributed by atoms with Crippen molar-refractivity contribution in [3.05, 3.63) is 12.0 Å². The lowest BCUT2D eigenvalue weighted by Gasteiger charge is -2.30. The zero-order valence-corrected chi connectivity index (χ0v) is 10.5. The number of aromatic nitrogens is 1. The Kier molecular flexibility index (Phi) is 3.74. The number of oxazole rings is 1. The van der Waals surface area contributed by atoms with Gasteiger partial charge in [-0.05, 0) is 31.1 Å². The fourth-order valence-electron chi connectivity index (χ4n) is 2.52. The van der Waals surface area contributed by atoms with Gasteiger partial charge in [0.05, 0.1) is 11.6 Å². The highest BCUT2D eigenvalue weighted by atomic mass is 35.5. The van der Waals surface area contributed by atoms with E-state index in [1.54, 1.807) is 6.26 Å². The molecule has 0 aromatic carbocycles. The van der Waals surface area contributed by atoms with Crippen LogP contribution in [0.5, 0.6) is 6.08 Å². The molecule has 0 N–H and O–H groups in total. The van der Waals surface area contributed by atoms with Gasteiger partial charge in [0.1, 0.15) is 12.4 Å². The summed E-state index contributed by atoms with van der Waals surface area (Å²) in [5, 5.41) is 0. The summed E-state index contributed by atoms with van der Waals surface area (Å²) in [5.41, 5.74) is 0.730. The SMILES string of the molecule is CC1CC(C)CC(Oc2nc(CCl)co2)C1. The van der Waals surface area contributed by atoms with Crippen LogP contribution in [0.2, 0.25) is 0 Å². The van der Waals surface area contributed by atoms with Gasteiger partial charge in [0.2, 0.25) is 0 Å². The zero-order valence-electron chi connectivity index (χ0n) is 9.78. The number of hydrogen-bond donors (Lipinski definition) is 0. The lowest BCUT2D eigenvalue weighted by atomic mass is 9.82. The number of alkyl halides is 1. The molecule has 1 saturated carbocycles. The molecule has 0 bridgehead atoms. The Morgan fingerprint density at radius 3 is 2.62 bits per heavy atom. The topological polar surface area (TPSA) is 35.3 Å². The van der Waals surface area contributed by atoms with E-state index in [1.807, 2.05) is 0 Å². The maximum absolute atomic E-state index is 5.74. The summed E-state index contributed by atoms with van der Waals surface area (Å²) in [7, 11) is 0. The summed E-state index contributed by atoms with van der Waals surface area (Å²) in [4.78, 5) is 4.15. The Labute approximate surface area is 101 Å². The highest BCUT2D eigenvalue weighted by Gasteiger charge is 2.26. The molecule has 2 unspecified atom stereocenters. The lowest BCUT2D eigenvalue weighted by Crippen LogP contribution is -2.28. The molecule has 1 aliphatic carbocycles. The van der Waals surface area contributed by atoms with E-state index in [0.29, 0.717) is 12.0 Å². The van der Waals surface area contributed by atoms with E-state index < -0.39 is 0 Å². The molecule has 1 aliphatic rings. The first-order chi connectivity index (χ1) is 7.67. The van der Waals surface area contributed by atoms with Crippen molar-refractivity contribution in [2.45, 2.75) is 45.1 Å². The molecule has 1 aromatic heterocycles. The summed E-state index contributed by atoms with van der Waals surface area (Å²) in [5.74, 6) is 1.80. The van der Waals surface area contributed by atoms with E-state index in [0.717, 1.165) is 30.4 Å². The second-order valence-electron chi connectivity index (χ2n) is 4.90. The summed E-state index contributed by atoms with van der Waals surface area (Å²) in [6.07, 6.45) is 5.62. The van der Waals surface area contributed by atoms with Crippen LogP contribution in [0.25, 0.3) is 0 Å². The first kappa shape index (κ1) is 11.8. The van der Waals surface area contributed by atoms with E-state index in [1.165, 1.54) is 6.42 Å². The minimum Gasteiger partial charge on any atom is -0.447 e. The number of rotatable bonds is 3. The van der Waals surface area contributed by atoms with Gasteiger partial charge in [-0.3, -0.25) is 0 Å². The largest absolute Gasteiger partial charge is 0.447 e. The van der Waals surface area contributed by atoms with Crippen molar-refractivity contribution in [1.29, 1.82) is 0 Å². The van der Waals surface area contributed by atoms with Gasteiger partial charge in [-0.2, -0.15) is 4.98 Å². The Morgan fingerprint density at radius 1 is 1.38 bits per heavy atom. The van der Waals surface area contributed by atoms with Crippen molar-refractivity contribution in [3.8, 4) is 6.08 Å². The van der Waals surface area contributed by atoms with Crippen molar-refractivity contribution in [1.82, 2.24) is 4.98 Å². The molecule has 0 aliphatic heterocycles. The fourth-order valence-corrected chi connectivity index (χ4v) is 2.64. The molecule has 0 saturated heterocycles. The van der Waals surface area contributed by atoms with Gasteiger partial charge in [-0.25, -0.2) is 0 Å². The van der Waals surface area contributed by atoms with Crippen molar-refractivity contribution < 1.29 is 9.15 Å². The van der Waals surface area contributed by atoms with Gasteiger partial charge < -0.3 is 9.15 Å². The summed E-state index contributed by atoms with van der Waals surface area (Å²) in [6.45, 7) is 4.54. The zero-order chi connectivity index (χ0) is 11.5. The standard InChI is InChI=1S/C12H18ClNO2/c1-8-3-9(2)5-11(4-8)16-12-14-10(6-13)7-15-12/h7-9,11H,3-6H2,1-2H3. The van der Waals surface area contributed by atoms with E-state index in [4.69, 9.17) is 20.8 Å². The molecule has 2 rings (SSSR count). The van der Waals surface area contributed by atoms with Crippen LogP contribution in [0.1, 0.15) is 38.8 Å². The molecule has 1 heterocycles. The molecule has 2 atom stereocenters. The highest BCUT2D eigenvalue weighted by molar-refractivity contribution is 6.16. The van der Waals surface area contributed by atoms with Crippen molar-refractivity contribution in [2.24, 2.45) is 11.8 Å². The summed E-state index contributed by atoms with van der Waals surface area (Å²) < 4.78 is 11.0. The van der Waals surface area contributed by atoms with Crippen LogP contribution in [0, 0.1) is 11.8 Å². The maximum Gasteiger partial charge on any atom is 0.394 e. The molecule has 16 heavy (non-hydrogen) atoms. The van der Waals surface area contributed by atoms with Crippen LogP contribution in [-0.2, 0) is 5.88 Å². The number of nitrogens with zero attached hydrogens (tertiary/aromatic N) is 1. The molecule has 0 spiro atoms. The molecule has 3 nitrogen and oxygen atoms in total. The maximum atomic E-state index is 5.74. The minimum atomic E-state index is 0.237. The lowest BCUT2D eigenvalue weighted by molar-refractivity contribution is 0.0724. The number of ether oxygens (including phenoxy) is 1. The van der Waals surface area contributed by atoms with Crippen LogP contribution >= 0.6 is 11.6 Å². The third-order valence-electron chi connectivity index (χ3n) is 3.07. The van der Waals surface area contributed by atoms with Crippen LogP contribution in [0.3, 0.4) is 0 Å². The summed E-state index contributed by atoms with van der Waals surface area (Å²) in [6, 6.07) is 0. The third-order valence-corrected chi connectivity index (χ3v) is 3.34. The Morgan fingerprint density at radius 2 is 2.06 bits per heavy atom. The van der Waals surface area contributed by atoms with Gasteiger partial charge in [-0.1, -0.05) is 13.8 Å². The van der Waals surface area contributed by atoms with Crippen LogP contribution in [0.15, 0.2) is 10.7 Å². The van der Waals surface area contributed by atoms with E-state index >= 15 is 0 Å². The van der Waals surface area contributed by atoms with Gasteiger partial charge in [-0.15, -0.1) is 11.6 Å². The molecular weight excluding hydrogens is 226 g/mol. The van der Waals surface area contributed by atoms with Gasteiger partial charge in [0.25, 0.3) is 0 Å². The average molecular weight is 244 g/mol. The Bertz CT molecular complexity index is 330. The molecular formula is C12H18ClNO2. The predicted octanol–water partition coefficient (Wildman–Crippen LogP) is 3.62. The van der Waals surface area contributed by atoms with E-state index in [9.17, 15) is 0 Å². The minimum absolute atomic E-state index is 0.237. The molecule has 1 fully saturated rings. The second kappa shape index (κ2) is 5.09. The molecule has 0 amide bonds. The molecule has 4 heteroatoms. The highest BCUT2D eigenvalue weighted by Crippen LogP contribution is 2.31. The van der Waals surface area contributed by atoms with Gasteiger partial charge in [0, 0.05) is 0 Å². The molecule has 0 radical (unpaired) electrons. The normalized spacial score (nSPS) is 30.3. The first-order valence-corrected chi connectivity index (χ1v) is 6.38. The average Bonchev–Trinajstić information content (AvgIpc) is 2.64. The first-order valence-electron chi connectivity index (χ1n) is 5.84. The van der Waals surface area contributed by atoms with Gasteiger partial charge in [0.15, 0.2) is 0 Å². The van der Waals surface area contributed by atoms with E-state index in [-0.39, 0.29) is 6.10 Å². The van der Waals surface area contributed by atoms with E-state index in [2.05, 4.69) is 18.8 Å². The Hall–Kier alpha value is -0.700. The molecule has 90 valence electrons. The van der Waals surface area contributed by atoms with Gasteiger partial charge >= 0.3 is 6.08 Å². The van der Waals surface area contributed by atoms with Crippen LogP contribution < -0.4 is 4.74 Å². The summed E-state index contributed by atoms with van der Waals surface area (Å²) >= 11 is 5.65. The Balaban J connectivity index is 1.93. The molecule has 1 aromatic rings. The fraction of sp³-hybridized carbons (Fsp3) is 0.750. The predicted molar refractivity (Wildman–Crippen MR) is 62.7 cm³/mol. The quantitative estimate of drug-likeness (QED) is 0.761. The van der Waals surface area contributed by atoms with Crippen LogP contribution in [-0.4, -0.2) is 11.1 Å². The van der Waals surface area contributed by atoms with Crippen molar-refractivity contribution >= 4 is 11.6 Å². The monoisotopic (exact) mass is 243 g/mol. The number of hydrogen-bond acceptors (Lipinski definition) is 3. The van der Waals surface area contributed by atoms with Crippen molar-refractivity contribution in [2.75, 3.05) is 0 Å². The second-order valence-corrected chi connectivity index (χ2v) is 5.16. The number of halogens is 1. The smallest absolute Gasteiger partial charge is 0.394 e. The van der Waals surface area contributed by atoms with Crippen molar-refractivity contribution in [3.63, 3.8) is 0 Å².